The molecule has 3 amide bonds. The van der Waals surface area contributed by atoms with Crippen molar-refractivity contribution in [1.82, 2.24) is 19.9 Å². The molecule has 1 aliphatic rings. The zero-order valence-electron chi connectivity index (χ0n) is 25.0. The van der Waals surface area contributed by atoms with Crippen LogP contribution >= 0.6 is 0 Å². The van der Waals surface area contributed by atoms with E-state index in [1.807, 2.05) is 52.8 Å². The van der Waals surface area contributed by atoms with Crippen LogP contribution in [-0.2, 0) is 0 Å². The number of amides is 3. The van der Waals surface area contributed by atoms with Crippen molar-refractivity contribution in [3.63, 3.8) is 0 Å². The minimum atomic E-state index is -1.02. The number of imidazole rings is 2. The van der Waals surface area contributed by atoms with Crippen molar-refractivity contribution >= 4 is 40.6 Å². The van der Waals surface area contributed by atoms with Gasteiger partial charge in [-0.1, -0.05) is 17.7 Å². The van der Waals surface area contributed by atoms with Crippen molar-refractivity contribution < 1.29 is 28.7 Å². The number of anilines is 2. The van der Waals surface area contributed by atoms with Crippen molar-refractivity contribution in [2.45, 2.75) is 53.0 Å². The van der Waals surface area contributed by atoms with Crippen LogP contribution in [0.5, 0.6) is 5.75 Å². The van der Waals surface area contributed by atoms with Crippen LogP contribution < -0.4 is 20.5 Å². The molecular weight excluding hydrogens is 550 g/mol. The second-order valence-electron chi connectivity index (χ2n) is 12.2. The molecule has 0 bridgehead atoms. The number of carbonyl (C=O) groups is 3. The first-order chi connectivity index (χ1) is 20.4. The average Bonchev–Trinajstić information content (AvgIpc) is 3.60. The molecule has 1 saturated heterocycles. The molecule has 43 heavy (non-hydrogen) atoms. The molecular formula is C31H37N7O5. The van der Waals surface area contributed by atoms with Crippen molar-refractivity contribution in [2.24, 2.45) is 5.92 Å². The number of benzene rings is 2. The highest BCUT2D eigenvalue weighted by molar-refractivity contribution is 6.13. The Morgan fingerprint density at radius 3 is 2.47 bits per heavy atom. The summed E-state index contributed by atoms with van der Waals surface area (Å²) in [6.07, 6.45) is 1.72. The van der Waals surface area contributed by atoms with Crippen LogP contribution in [0.15, 0.2) is 42.7 Å². The molecule has 0 unspecified atom stereocenters. The number of H-pyrrole nitrogens is 2. The largest absolute Gasteiger partial charge is 0.498 e. The summed E-state index contributed by atoms with van der Waals surface area (Å²) in [5.41, 5.74) is 3.43. The normalized spacial score (nSPS) is 18.8. The summed E-state index contributed by atoms with van der Waals surface area (Å²) >= 11 is 0. The summed E-state index contributed by atoms with van der Waals surface area (Å²) < 4.78 is 6.01. The standard InChI is InChI=1S/C31H37N7O5/c1-18-6-8-22(19(2)14-18)34-27(39)25-26(33-17-32-25)28(40)37-29-35-23-9-7-21(15-24(23)36-29)43-16-20-10-12-38(13-11-20,30(41)42)31(3,4)5/h6-9,14-15,17,20H,10-13,16H2,1-5H3,(H4-,32,33,34,35,36,37,39,40,41,42). The third-order valence-corrected chi connectivity index (χ3v) is 8.35. The van der Waals surface area contributed by atoms with Crippen LogP contribution in [0, 0.1) is 19.8 Å². The lowest BCUT2D eigenvalue weighted by atomic mass is 9.90. The Bertz CT molecular complexity index is 1680. The van der Waals surface area contributed by atoms with Gasteiger partial charge >= 0.3 is 0 Å². The lowest BCUT2D eigenvalue weighted by molar-refractivity contribution is -0.924. The SMILES string of the molecule is Cc1ccc(NC(=O)c2nc[nH]c2C(=O)Nc2nc3ccc(OCC4CC[N+](C(=O)[O-])(C(C)(C)C)CC4)cc3[nH]2)c(C)c1. The number of nitrogens with one attached hydrogen (secondary N) is 4. The number of quaternary nitrogens is 1. The molecule has 3 heterocycles. The molecule has 0 spiro atoms. The van der Waals surface area contributed by atoms with Crippen molar-refractivity contribution in [2.75, 3.05) is 30.3 Å². The van der Waals surface area contributed by atoms with Gasteiger partial charge in [0.15, 0.2) is 5.69 Å². The molecule has 0 radical (unpaired) electrons. The number of aromatic amines is 2. The lowest BCUT2D eigenvalue weighted by Gasteiger charge is -2.51. The topological polar surface area (TPSA) is 165 Å². The third kappa shape index (κ3) is 6.09. The fourth-order valence-electron chi connectivity index (χ4n) is 5.65. The molecule has 0 aliphatic carbocycles. The summed E-state index contributed by atoms with van der Waals surface area (Å²) in [5, 5.41) is 17.5. The Kier molecular flexibility index (Phi) is 7.98. The molecule has 4 aromatic rings. The monoisotopic (exact) mass is 587 g/mol. The Labute approximate surface area is 249 Å². The molecule has 1 fully saturated rings. The van der Waals surface area contributed by atoms with E-state index in [1.54, 1.807) is 18.2 Å². The van der Waals surface area contributed by atoms with Gasteiger partial charge in [0.05, 0.1) is 42.6 Å². The van der Waals surface area contributed by atoms with Crippen molar-refractivity contribution in [3.05, 3.63) is 65.2 Å². The van der Waals surface area contributed by atoms with Gasteiger partial charge < -0.3 is 29.9 Å². The Morgan fingerprint density at radius 2 is 1.79 bits per heavy atom. The number of carbonyl (C=O) groups excluding carboxylic acids is 3. The van der Waals surface area contributed by atoms with Crippen LogP contribution in [0.1, 0.15) is 65.7 Å². The Hall–Kier alpha value is -4.71. The zero-order valence-corrected chi connectivity index (χ0v) is 25.0. The van der Waals surface area contributed by atoms with Crippen molar-refractivity contribution in [1.29, 1.82) is 0 Å². The maximum Gasteiger partial charge on any atom is 0.276 e. The zero-order chi connectivity index (χ0) is 30.9. The summed E-state index contributed by atoms with van der Waals surface area (Å²) in [7, 11) is 0. The number of fused-ring (bicyclic) bond motifs is 1. The lowest BCUT2D eigenvalue weighted by Crippen LogP contribution is -2.70. The minimum Gasteiger partial charge on any atom is -0.498 e. The minimum absolute atomic E-state index is 0.00649. The van der Waals surface area contributed by atoms with E-state index in [9.17, 15) is 19.5 Å². The first kappa shape index (κ1) is 29.8. The van der Waals surface area contributed by atoms with E-state index < -0.39 is 23.4 Å². The number of piperidine rings is 1. The van der Waals surface area contributed by atoms with E-state index in [0.717, 1.165) is 24.0 Å². The van der Waals surface area contributed by atoms with E-state index in [0.29, 0.717) is 42.2 Å². The third-order valence-electron chi connectivity index (χ3n) is 8.35. The maximum absolute atomic E-state index is 13.0. The first-order valence-corrected chi connectivity index (χ1v) is 14.3. The van der Waals surface area contributed by atoms with E-state index in [2.05, 4.69) is 30.6 Å². The van der Waals surface area contributed by atoms with E-state index in [-0.39, 0.29) is 27.7 Å². The quantitative estimate of drug-likeness (QED) is 0.236. The van der Waals surface area contributed by atoms with Gasteiger partial charge in [-0.3, -0.25) is 19.4 Å². The molecule has 1 aliphatic heterocycles. The Balaban J connectivity index is 1.20. The number of likely N-dealkylation sites (tertiary alicyclic amines) is 1. The number of ether oxygens (including phenoxy) is 1. The van der Waals surface area contributed by atoms with Gasteiger partial charge in [-0.2, -0.15) is 0 Å². The first-order valence-electron chi connectivity index (χ1n) is 14.3. The summed E-state index contributed by atoms with van der Waals surface area (Å²) in [4.78, 5) is 52.2. The summed E-state index contributed by atoms with van der Waals surface area (Å²) in [6.45, 7) is 11.2. The number of aromatic nitrogens is 4. The van der Waals surface area contributed by atoms with Gasteiger partial charge in [0.25, 0.3) is 17.9 Å². The highest BCUT2D eigenvalue weighted by Crippen LogP contribution is 2.33. The summed E-state index contributed by atoms with van der Waals surface area (Å²) in [5.74, 6) is -0.00731. The number of hydrogen-bond donors (Lipinski definition) is 4. The maximum atomic E-state index is 13.0. The van der Waals surface area contributed by atoms with E-state index in [1.165, 1.54) is 6.33 Å². The second-order valence-corrected chi connectivity index (χ2v) is 12.2. The predicted molar refractivity (Wildman–Crippen MR) is 160 cm³/mol. The van der Waals surface area contributed by atoms with Crippen molar-refractivity contribution in [3.8, 4) is 5.75 Å². The van der Waals surface area contributed by atoms with Gasteiger partial charge in [-0.05, 0) is 58.4 Å². The van der Waals surface area contributed by atoms with Crippen LogP contribution in [-0.4, -0.2) is 67.6 Å². The molecule has 2 aromatic heterocycles. The van der Waals surface area contributed by atoms with Crippen LogP contribution in [0.25, 0.3) is 11.0 Å². The molecule has 2 aromatic carbocycles. The number of carboxylic acid groups (broad SMARTS) is 1. The second kappa shape index (κ2) is 11.5. The number of hydrogen-bond acceptors (Lipinski definition) is 7. The number of nitrogens with zero attached hydrogens (tertiary/aromatic N) is 3. The van der Waals surface area contributed by atoms with Gasteiger partial charge in [0, 0.05) is 30.5 Å². The van der Waals surface area contributed by atoms with Gasteiger partial charge in [-0.25, -0.2) is 9.97 Å². The highest BCUT2D eigenvalue weighted by Gasteiger charge is 2.45. The smallest absolute Gasteiger partial charge is 0.276 e. The van der Waals surface area contributed by atoms with Gasteiger partial charge in [-0.15, -0.1) is 0 Å². The molecule has 226 valence electrons. The van der Waals surface area contributed by atoms with E-state index in [4.69, 9.17) is 4.74 Å². The fraction of sp³-hybridized carbons (Fsp3) is 0.387. The molecule has 5 rings (SSSR count). The molecule has 4 N–H and O–H groups in total. The fourth-order valence-corrected chi connectivity index (χ4v) is 5.65. The predicted octanol–water partition coefficient (Wildman–Crippen LogP) is 4.15. The van der Waals surface area contributed by atoms with E-state index >= 15 is 0 Å². The van der Waals surface area contributed by atoms with Gasteiger partial charge in [0.2, 0.25) is 5.95 Å². The molecule has 12 heteroatoms. The van der Waals surface area contributed by atoms with Crippen LogP contribution in [0.3, 0.4) is 0 Å². The number of rotatable bonds is 7. The van der Waals surface area contributed by atoms with Gasteiger partial charge in [0.1, 0.15) is 11.4 Å². The average molecular weight is 588 g/mol. The van der Waals surface area contributed by atoms with Crippen LogP contribution in [0.4, 0.5) is 16.4 Å². The molecule has 0 saturated carbocycles. The number of aryl methyl sites for hydroxylation is 2. The Morgan fingerprint density at radius 1 is 1.05 bits per heavy atom. The molecule has 0 atom stereocenters. The highest BCUT2D eigenvalue weighted by atomic mass is 16.5. The van der Waals surface area contributed by atoms with Crippen LogP contribution in [0.2, 0.25) is 0 Å². The molecule has 12 nitrogen and oxygen atoms in total. The summed E-state index contributed by atoms with van der Waals surface area (Å²) in [6, 6.07) is 11.1.